The standard InChI is InChI=1S/C15H15N3O/c1-15(11-16,12-4-3-9-17-10-12)18-13-5-7-14(19-2)8-6-13/h3-10,18H,1-2H3. The number of benzene rings is 1. The van der Waals surface area contributed by atoms with Crippen molar-refractivity contribution in [1.29, 1.82) is 5.26 Å². The van der Waals surface area contributed by atoms with Gasteiger partial charge in [-0.1, -0.05) is 6.07 Å². The predicted octanol–water partition coefficient (Wildman–Crippen LogP) is 2.94. The summed E-state index contributed by atoms with van der Waals surface area (Å²) in [7, 11) is 1.62. The highest BCUT2D eigenvalue weighted by atomic mass is 16.5. The molecule has 19 heavy (non-hydrogen) atoms. The number of nitriles is 1. The molecule has 1 aromatic heterocycles. The van der Waals surface area contributed by atoms with E-state index in [1.807, 2.05) is 43.3 Å². The van der Waals surface area contributed by atoms with Crippen molar-refractivity contribution in [1.82, 2.24) is 4.98 Å². The second-order valence-electron chi connectivity index (χ2n) is 4.33. The van der Waals surface area contributed by atoms with E-state index in [2.05, 4.69) is 16.4 Å². The summed E-state index contributed by atoms with van der Waals surface area (Å²) in [5.41, 5.74) is 0.866. The highest BCUT2D eigenvalue weighted by molar-refractivity contribution is 5.52. The van der Waals surface area contributed by atoms with Crippen LogP contribution in [0.1, 0.15) is 12.5 Å². The van der Waals surface area contributed by atoms with Gasteiger partial charge in [0.1, 0.15) is 11.3 Å². The van der Waals surface area contributed by atoms with Gasteiger partial charge in [-0.2, -0.15) is 5.26 Å². The van der Waals surface area contributed by atoms with Gasteiger partial charge in [-0.15, -0.1) is 0 Å². The molecule has 0 radical (unpaired) electrons. The third kappa shape index (κ3) is 2.83. The lowest BCUT2D eigenvalue weighted by atomic mass is 9.95. The van der Waals surface area contributed by atoms with E-state index in [4.69, 9.17) is 4.74 Å². The van der Waals surface area contributed by atoms with Gasteiger partial charge < -0.3 is 10.1 Å². The third-order valence-corrected chi connectivity index (χ3v) is 2.95. The molecular weight excluding hydrogens is 238 g/mol. The Hall–Kier alpha value is -2.54. The molecule has 2 rings (SSSR count). The smallest absolute Gasteiger partial charge is 0.149 e. The van der Waals surface area contributed by atoms with Crippen LogP contribution < -0.4 is 10.1 Å². The van der Waals surface area contributed by atoms with E-state index in [1.165, 1.54) is 0 Å². The molecule has 0 aliphatic rings. The van der Waals surface area contributed by atoms with Crippen molar-refractivity contribution >= 4 is 5.69 Å². The van der Waals surface area contributed by atoms with Gasteiger partial charge in [0.15, 0.2) is 0 Å². The summed E-state index contributed by atoms with van der Waals surface area (Å²) in [6.45, 7) is 1.83. The molecule has 0 spiro atoms. The first kappa shape index (κ1) is 12.9. The molecule has 0 bridgehead atoms. The monoisotopic (exact) mass is 253 g/mol. The molecule has 1 aromatic carbocycles. The van der Waals surface area contributed by atoms with E-state index in [0.717, 1.165) is 17.0 Å². The molecular formula is C15H15N3O. The number of anilines is 1. The molecule has 1 heterocycles. The summed E-state index contributed by atoms with van der Waals surface area (Å²) in [6.07, 6.45) is 3.38. The SMILES string of the molecule is COc1ccc(NC(C)(C#N)c2cccnc2)cc1. The van der Waals surface area contributed by atoms with Crippen LogP contribution in [0, 0.1) is 11.3 Å². The van der Waals surface area contributed by atoms with Crippen LogP contribution in [0.2, 0.25) is 0 Å². The lowest BCUT2D eigenvalue weighted by molar-refractivity contribution is 0.415. The molecule has 2 aromatic rings. The zero-order chi connectivity index (χ0) is 13.7. The Bertz CT molecular complexity index is 575. The molecule has 1 atom stereocenters. The Morgan fingerprint density at radius 1 is 1.26 bits per heavy atom. The summed E-state index contributed by atoms with van der Waals surface area (Å²) in [4.78, 5) is 4.06. The Morgan fingerprint density at radius 2 is 2.00 bits per heavy atom. The van der Waals surface area contributed by atoms with Crippen molar-refractivity contribution in [2.75, 3.05) is 12.4 Å². The van der Waals surface area contributed by atoms with Crippen molar-refractivity contribution in [2.24, 2.45) is 0 Å². The summed E-state index contributed by atoms with van der Waals surface area (Å²) < 4.78 is 5.11. The first-order valence-electron chi connectivity index (χ1n) is 5.92. The number of hydrogen-bond donors (Lipinski definition) is 1. The minimum atomic E-state index is -0.817. The average Bonchev–Trinajstić information content (AvgIpc) is 2.49. The fourth-order valence-corrected chi connectivity index (χ4v) is 1.79. The van der Waals surface area contributed by atoms with Gasteiger partial charge in [0.05, 0.1) is 13.2 Å². The molecule has 0 fully saturated rings. The van der Waals surface area contributed by atoms with Crippen molar-refractivity contribution < 1.29 is 4.74 Å². The normalized spacial score (nSPS) is 13.1. The Kier molecular flexibility index (Phi) is 3.67. The lowest BCUT2D eigenvalue weighted by Crippen LogP contribution is -2.30. The summed E-state index contributed by atoms with van der Waals surface area (Å²) in [6, 6.07) is 13.5. The summed E-state index contributed by atoms with van der Waals surface area (Å²) in [5, 5.41) is 12.7. The molecule has 4 heteroatoms. The van der Waals surface area contributed by atoms with Gasteiger partial charge in [-0.3, -0.25) is 4.98 Å². The zero-order valence-electron chi connectivity index (χ0n) is 10.9. The highest BCUT2D eigenvalue weighted by Crippen LogP contribution is 2.26. The van der Waals surface area contributed by atoms with Crippen molar-refractivity contribution in [3.63, 3.8) is 0 Å². The number of nitrogens with zero attached hydrogens (tertiary/aromatic N) is 2. The number of aromatic nitrogens is 1. The molecule has 0 aliphatic heterocycles. The number of rotatable bonds is 4. The molecule has 0 saturated carbocycles. The fraction of sp³-hybridized carbons (Fsp3) is 0.200. The summed E-state index contributed by atoms with van der Waals surface area (Å²) >= 11 is 0. The summed E-state index contributed by atoms with van der Waals surface area (Å²) in [5.74, 6) is 0.783. The number of hydrogen-bond acceptors (Lipinski definition) is 4. The zero-order valence-corrected chi connectivity index (χ0v) is 10.9. The Morgan fingerprint density at radius 3 is 2.53 bits per heavy atom. The van der Waals surface area contributed by atoms with Gasteiger partial charge in [0.2, 0.25) is 0 Å². The molecule has 96 valence electrons. The van der Waals surface area contributed by atoms with Crippen LogP contribution in [0.5, 0.6) is 5.75 Å². The van der Waals surface area contributed by atoms with E-state index >= 15 is 0 Å². The lowest BCUT2D eigenvalue weighted by Gasteiger charge is -2.24. The fourth-order valence-electron chi connectivity index (χ4n) is 1.79. The predicted molar refractivity (Wildman–Crippen MR) is 73.8 cm³/mol. The topological polar surface area (TPSA) is 57.9 Å². The first-order valence-corrected chi connectivity index (χ1v) is 5.92. The van der Waals surface area contributed by atoms with Crippen molar-refractivity contribution in [3.05, 3.63) is 54.4 Å². The number of pyridine rings is 1. The van der Waals surface area contributed by atoms with E-state index in [0.29, 0.717) is 0 Å². The largest absolute Gasteiger partial charge is 0.497 e. The second-order valence-corrected chi connectivity index (χ2v) is 4.33. The van der Waals surface area contributed by atoms with Gasteiger partial charge in [0, 0.05) is 23.6 Å². The van der Waals surface area contributed by atoms with E-state index in [9.17, 15) is 5.26 Å². The van der Waals surface area contributed by atoms with Gasteiger partial charge >= 0.3 is 0 Å². The van der Waals surface area contributed by atoms with Gasteiger partial charge in [0.25, 0.3) is 0 Å². The number of methoxy groups -OCH3 is 1. The molecule has 0 saturated heterocycles. The van der Waals surface area contributed by atoms with E-state index < -0.39 is 5.54 Å². The molecule has 1 unspecified atom stereocenters. The molecule has 4 nitrogen and oxygen atoms in total. The molecule has 0 aliphatic carbocycles. The maximum Gasteiger partial charge on any atom is 0.149 e. The second kappa shape index (κ2) is 5.40. The quantitative estimate of drug-likeness (QED) is 0.910. The van der Waals surface area contributed by atoms with Crippen LogP contribution >= 0.6 is 0 Å². The highest BCUT2D eigenvalue weighted by Gasteiger charge is 2.26. The van der Waals surface area contributed by atoms with Crippen molar-refractivity contribution in [3.8, 4) is 11.8 Å². The van der Waals surface area contributed by atoms with Gasteiger partial charge in [-0.25, -0.2) is 0 Å². The van der Waals surface area contributed by atoms with Gasteiger partial charge in [-0.05, 0) is 37.3 Å². The minimum absolute atomic E-state index is 0.783. The van der Waals surface area contributed by atoms with Crippen molar-refractivity contribution in [2.45, 2.75) is 12.5 Å². The van der Waals surface area contributed by atoms with Crippen LogP contribution in [-0.4, -0.2) is 12.1 Å². The molecule has 1 N–H and O–H groups in total. The first-order chi connectivity index (χ1) is 9.18. The van der Waals surface area contributed by atoms with E-state index in [1.54, 1.807) is 19.5 Å². The minimum Gasteiger partial charge on any atom is -0.497 e. The van der Waals surface area contributed by atoms with Crippen LogP contribution in [-0.2, 0) is 5.54 Å². The van der Waals surface area contributed by atoms with E-state index in [-0.39, 0.29) is 0 Å². The average molecular weight is 253 g/mol. The van der Waals surface area contributed by atoms with Crippen LogP contribution in [0.3, 0.4) is 0 Å². The Balaban J connectivity index is 2.26. The number of ether oxygens (including phenoxy) is 1. The van der Waals surface area contributed by atoms with Crippen LogP contribution in [0.4, 0.5) is 5.69 Å². The molecule has 0 amide bonds. The van der Waals surface area contributed by atoms with Crippen LogP contribution in [0.15, 0.2) is 48.8 Å². The maximum atomic E-state index is 9.44. The third-order valence-electron chi connectivity index (χ3n) is 2.95. The number of nitrogens with one attached hydrogen (secondary N) is 1. The maximum absolute atomic E-state index is 9.44. The Labute approximate surface area is 112 Å². The van der Waals surface area contributed by atoms with Crippen LogP contribution in [0.25, 0.3) is 0 Å².